The lowest BCUT2D eigenvalue weighted by atomic mass is 10.1. The highest BCUT2D eigenvalue weighted by molar-refractivity contribution is 7.16. The summed E-state index contributed by atoms with van der Waals surface area (Å²) in [5, 5.41) is 9.26. The largest absolute Gasteiger partial charge is 0.298 e. The maximum atomic E-state index is 12.7. The molecule has 6 nitrogen and oxygen atoms in total. The number of hydrogen-bond donors (Lipinski definition) is 1. The number of aryl methyl sites for hydroxylation is 1. The lowest BCUT2D eigenvalue weighted by molar-refractivity contribution is 0.102. The van der Waals surface area contributed by atoms with Gasteiger partial charge in [0.1, 0.15) is 0 Å². The van der Waals surface area contributed by atoms with Gasteiger partial charge in [-0.05, 0) is 39.0 Å². The fourth-order valence-electron chi connectivity index (χ4n) is 2.94. The molecule has 4 aromatic rings. The zero-order valence-electron chi connectivity index (χ0n) is 15.6. The van der Waals surface area contributed by atoms with E-state index in [1.807, 2.05) is 49.7 Å². The maximum Gasteiger partial charge on any atom is 0.259 e. The minimum Gasteiger partial charge on any atom is -0.298 e. The van der Waals surface area contributed by atoms with Crippen molar-refractivity contribution >= 4 is 45.0 Å². The molecule has 28 heavy (non-hydrogen) atoms. The van der Waals surface area contributed by atoms with Gasteiger partial charge in [-0.1, -0.05) is 23.7 Å². The van der Waals surface area contributed by atoms with Crippen LogP contribution in [0.5, 0.6) is 0 Å². The molecule has 0 saturated carbocycles. The average molecular weight is 412 g/mol. The highest BCUT2D eigenvalue weighted by Gasteiger charge is 2.15. The number of fused-ring (bicyclic) bond motifs is 1. The molecular formula is C20H18ClN5OS. The minimum atomic E-state index is -0.247. The highest BCUT2D eigenvalue weighted by atomic mass is 35.5. The van der Waals surface area contributed by atoms with Crippen molar-refractivity contribution < 1.29 is 4.79 Å². The lowest BCUT2D eigenvalue weighted by Gasteiger charge is -2.06. The van der Waals surface area contributed by atoms with E-state index in [1.165, 1.54) is 11.3 Å². The van der Waals surface area contributed by atoms with Gasteiger partial charge in [0.2, 0.25) is 0 Å². The number of nitrogens with zero attached hydrogens (tertiary/aromatic N) is 4. The van der Waals surface area contributed by atoms with Crippen molar-refractivity contribution in [3.63, 3.8) is 0 Å². The number of halogens is 1. The summed E-state index contributed by atoms with van der Waals surface area (Å²) in [6.45, 7) is 6.06. The summed E-state index contributed by atoms with van der Waals surface area (Å²) >= 11 is 7.39. The molecule has 0 aliphatic rings. The van der Waals surface area contributed by atoms with Crippen LogP contribution in [-0.4, -0.2) is 25.7 Å². The molecule has 0 unspecified atom stereocenters. The first-order valence-corrected chi connectivity index (χ1v) is 10.00. The molecule has 0 fully saturated rings. The Balaban J connectivity index is 1.58. The number of aromatic nitrogens is 4. The summed E-state index contributed by atoms with van der Waals surface area (Å²) in [7, 11) is 0. The van der Waals surface area contributed by atoms with Crippen LogP contribution in [0.2, 0.25) is 5.02 Å². The third kappa shape index (κ3) is 3.50. The number of amides is 1. The van der Waals surface area contributed by atoms with E-state index < -0.39 is 0 Å². The Morgan fingerprint density at radius 3 is 2.68 bits per heavy atom. The number of hydrogen-bond acceptors (Lipinski definition) is 5. The molecule has 0 aliphatic heterocycles. The van der Waals surface area contributed by atoms with Crippen molar-refractivity contribution in [1.82, 2.24) is 19.7 Å². The van der Waals surface area contributed by atoms with E-state index in [9.17, 15) is 4.79 Å². The molecule has 1 N–H and O–H groups in total. The second-order valence-corrected chi connectivity index (χ2v) is 8.34. The molecule has 0 radical (unpaired) electrons. The van der Waals surface area contributed by atoms with Gasteiger partial charge in [0.05, 0.1) is 17.5 Å². The predicted octanol–water partition coefficient (Wildman–Crippen LogP) is 5.35. The monoisotopic (exact) mass is 411 g/mol. The minimum absolute atomic E-state index is 0.203. The second kappa shape index (κ2) is 7.33. The number of pyridine rings is 1. The number of thiazole rings is 1. The smallest absolute Gasteiger partial charge is 0.259 e. The van der Waals surface area contributed by atoms with Gasteiger partial charge in [0.25, 0.3) is 5.91 Å². The summed E-state index contributed by atoms with van der Waals surface area (Å²) < 4.78 is 1.83. The summed E-state index contributed by atoms with van der Waals surface area (Å²) in [6.07, 6.45) is 3.30. The van der Waals surface area contributed by atoms with Crippen molar-refractivity contribution in [1.29, 1.82) is 0 Å². The SMILES string of the molecule is Cc1sc(NC(=O)c2cnc3c(cnn3C(C)C)c2)nc1-c1ccc(Cl)cc1. The molecule has 4 rings (SSSR count). The molecule has 0 bridgehead atoms. The zero-order chi connectivity index (χ0) is 19.8. The van der Waals surface area contributed by atoms with E-state index in [4.69, 9.17) is 11.6 Å². The highest BCUT2D eigenvalue weighted by Crippen LogP contribution is 2.31. The number of carbonyl (C=O) groups is 1. The topological polar surface area (TPSA) is 72.7 Å². The molecule has 1 amide bonds. The van der Waals surface area contributed by atoms with Crippen molar-refractivity contribution in [2.45, 2.75) is 26.8 Å². The van der Waals surface area contributed by atoms with Crippen LogP contribution in [-0.2, 0) is 0 Å². The van der Waals surface area contributed by atoms with Crippen LogP contribution in [0.3, 0.4) is 0 Å². The van der Waals surface area contributed by atoms with Gasteiger partial charge in [-0.25, -0.2) is 14.6 Å². The lowest BCUT2D eigenvalue weighted by Crippen LogP contribution is -2.12. The number of nitrogens with one attached hydrogen (secondary N) is 1. The Hall–Kier alpha value is -2.77. The van der Waals surface area contributed by atoms with Gasteiger partial charge in [-0.3, -0.25) is 10.1 Å². The maximum absolute atomic E-state index is 12.7. The zero-order valence-corrected chi connectivity index (χ0v) is 17.2. The first-order chi connectivity index (χ1) is 13.4. The van der Waals surface area contributed by atoms with Gasteiger partial charge in [0, 0.05) is 33.1 Å². The fourth-order valence-corrected chi connectivity index (χ4v) is 3.89. The van der Waals surface area contributed by atoms with Crippen LogP contribution in [0.1, 0.15) is 35.1 Å². The standard InChI is InChI=1S/C20H18ClN5OS/c1-11(2)26-18-14(10-23-26)8-15(9-22-18)19(27)25-20-24-17(12(3)28-20)13-4-6-16(21)7-5-13/h4-11H,1-3H3,(H,24,25,27). The normalized spacial score (nSPS) is 11.3. The van der Waals surface area contributed by atoms with Crippen LogP contribution in [0.4, 0.5) is 5.13 Å². The molecule has 3 heterocycles. The van der Waals surface area contributed by atoms with Crippen LogP contribution < -0.4 is 5.32 Å². The first-order valence-electron chi connectivity index (χ1n) is 8.80. The Bertz CT molecular complexity index is 1160. The van der Waals surface area contributed by atoms with E-state index in [1.54, 1.807) is 18.5 Å². The summed E-state index contributed by atoms with van der Waals surface area (Å²) in [4.78, 5) is 22.7. The van der Waals surface area contributed by atoms with E-state index in [0.29, 0.717) is 15.7 Å². The van der Waals surface area contributed by atoms with Crippen molar-refractivity contribution in [3.05, 3.63) is 58.2 Å². The number of carbonyl (C=O) groups excluding carboxylic acids is 1. The van der Waals surface area contributed by atoms with Crippen LogP contribution in [0.25, 0.3) is 22.3 Å². The summed E-state index contributed by atoms with van der Waals surface area (Å²) in [6, 6.07) is 9.48. The molecule has 0 atom stereocenters. The predicted molar refractivity (Wildman–Crippen MR) is 113 cm³/mol. The number of benzene rings is 1. The fraction of sp³-hybridized carbons (Fsp3) is 0.200. The van der Waals surface area contributed by atoms with Crippen LogP contribution in [0.15, 0.2) is 42.7 Å². The van der Waals surface area contributed by atoms with Gasteiger partial charge >= 0.3 is 0 Å². The molecule has 8 heteroatoms. The summed E-state index contributed by atoms with van der Waals surface area (Å²) in [5.41, 5.74) is 3.03. The second-order valence-electron chi connectivity index (χ2n) is 6.70. The van der Waals surface area contributed by atoms with Crippen molar-refractivity contribution in [3.8, 4) is 11.3 Å². The van der Waals surface area contributed by atoms with Gasteiger partial charge in [0.15, 0.2) is 10.8 Å². The quantitative estimate of drug-likeness (QED) is 0.491. The summed E-state index contributed by atoms with van der Waals surface area (Å²) in [5.74, 6) is -0.247. The van der Waals surface area contributed by atoms with Gasteiger partial charge < -0.3 is 0 Å². The first kappa shape index (κ1) is 18.6. The van der Waals surface area contributed by atoms with Gasteiger partial charge in [-0.2, -0.15) is 5.10 Å². The van der Waals surface area contributed by atoms with Crippen LogP contribution >= 0.6 is 22.9 Å². The average Bonchev–Trinajstić information content (AvgIpc) is 3.25. The van der Waals surface area contributed by atoms with Crippen molar-refractivity contribution in [2.75, 3.05) is 5.32 Å². The molecule has 1 aromatic carbocycles. The van der Waals surface area contributed by atoms with Crippen molar-refractivity contribution in [2.24, 2.45) is 0 Å². The Morgan fingerprint density at radius 2 is 1.96 bits per heavy atom. The molecule has 142 valence electrons. The Kier molecular flexibility index (Phi) is 4.87. The van der Waals surface area contributed by atoms with E-state index in [-0.39, 0.29) is 11.9 Å². The Morgan fingerprint density at radius 1 is 1.21 bits per heavy atom. The number of anilines is 1. The Labute approximate surface area is 171 Å². The molecule has 3 aromatic heterocycles. The van der Waals surface area contributed by atoms with E-state index in [2.05, 4.69) is 20.4 Å². The molecule has 0 saturated heterocycles. The number of rotatable bonds is 4. The van der Waals surface area contributed by atoms with E-state index in [0.717, 1.165) is 27.2 Å². The third-order valence-electron chi connectivity index (χ3n) is 4.32. The van der Waals surface area contributed by atoms with E-state index >= 15 is 0 Å². The molecular weight excluding hydrogens is 394 g/mol. The van der Waals surface area contributed by atoms with Gasteiger partial charge in [-0.15, -0.1) is 11.3 Å². The van der Waals surface area contributed by atoms with Crippen LogP contribution in [0, 0.1) is 6.92 Å². The molecule has 0 spiro atoms. The third-order valence-corrected chi connectivity index (χ3v) is 5.46. The molecule has 0 aliphatic carbocycles.